The van der Waals surface area contributed by atoms with E-state index in [1.807, 2.05) is 12.1 Å². The number of aliphatic hydroxyl groups is 1. The third-order valence-corrected chi connectivity index (χ3v) is 2.84. The minimum absolute atomic E-state index is 0.0901. The maximum atomic E-state index is 10.9. The Hall–Kier alpha value is -1.59. The summed E-state index contributed by atoms with van der Waals surface area (Å²) in [4.78, 5) is 21.2. The highest BCUT2D eigenvalue weighted by Gasteiger charge is 2.15. The Morgan fingerprint density at radius 3 is 2.56 bits per heavy atom. The molecule has 0 saturated heterocycles. The molecule has 0 aliphatic rings. The number of benzene rings is 1. The van der Waals surface area contributed by atoms with Crippen LogP contribution in [0.4, 0.5) is 0 Å². The maximum absolute atomic E-state index is 10.9. The molecule has 6 heteroatoms. The van der Waals surface area contributed by atoms with Gasteiger partial charge in [0, 0.05) is 24.1 Å². The first kappa shape index (κ1) is 14.5. The first-order valence-corrected chi connectivity index (χ1v) is 5.77. The molecule has 1 atom stereocenters. The van der Waals surface area contributed by atoms with Crippen molar-refractivity contribution >= 4 is 23.5 Å². The van der Waals surface area contributed by atoms with Gasteiger partial charge in [0.15, 0.2) is 0 Å². The average molecular weight is 272 g/mol. The summed E-state index contributed by atoms with van der Waals surface area (Å²) < 4.78 is 0. The molecule has 0 aliphatic carbocycles. The highest BCUT2D eigenvalue weighted by atomic mass is 35.5. The van der Waals surface area contributed by atoms with Gasteiger partial charge in [0.1, 0.15) is 0 Å². The van der Waals surface area contributed by atoms with Crippen molar-refractivity contribution in [3.8, 4) is 0 Å². The second-order valence-electron chi connectivity index (χ2n) is 3.86. The number of carbonyl (C=O) groups excluding carboxylic acids is 1. The van der Waals surface area contributed by atoms with Gasteiger partial charge in [0.05, 0.1) is 0 Å². The standard InChI is InChI=1S/C12H14ClNO4/c13-10-4-2-1-3-9(10)5-8(7-15)6-14-11(16)12(17)18/h1-4,8,15H,5-7H2,(H,14,16)(H,17,18)/t8-/m0/s1. The summed E-state index contributed by atoms with van der Waals surface area (Å²) in [7, 11) is 0. The Balaban J connectivity index is 2.55. The third kappa shape index (κ3) is 4.35. The van der Waals surface area contributed by atoms with Crippen molar-refractivity contribution in [2.24, 2.45) is 5.92 Å². The first-order valence-electron chi connectivity index (χ1n) is 5.40. The molecule has 3 N–H and O–H groups in total. The average Bonchev–Trinajstić information content (AvgIpc) is 2.36. The number of hydrogen-bond donors (Lipinski definition) is 3. The normalized spacial score (nSPS) is 11.9. The van der Waals surface area contributed by atoms with Crippen LogP contribution in [0.1, 0.15) is 5.56 Å². The van der Waals surface area contributed by atoms with Crippen molar-refractivity contribution in [1.29, 1.82) is 0 Å². The molecule has 0 fully saturated rings. The summed E-state index contributed by atoms with van der Waals surface area (Å²) >= 11 is 5.98. The molecule has 0 aliphatic heterocycles. The van der Waals surface area contributed by atoms with Crippen molar-refractivity contribution in [3.05, 3.63) is 34.9 Å². The van der Waals surface area contributed by atoms with E-state index < -0.39 is 11.9 Å². The summed E-state index contributed by atoms with van der Waals surface area (Å²) in [6, 6.07) is 7.18. The lowest BCUT2D eigenvalue weighted by atomic mass is 10.00. The fourth-order valence-electron chi connectivity index (χ4n) is 1.49. The van der Waals surface area contributed by atoms with Crippen LogP contribution in [0.5, 0.6) is 0 Å². The second kappa shape index (κ2) is 6.98. The zero-order chi connectivity index (χ0) is 13.5. The Kier molecular flexibility index (Phi) is 5.61. The summed E-state index contributed by atoms with van der Waals surface area (Å²) in [6.07, 6.45) is 0.468. The molecular formula is C12H14ClNO4. The van der Waals surface area contributed by atoms with E-state index in [4.69, 9.17) is 16.7 Å². The van der Waals surface area contributed by atoms with Gasteiger partial charge in [-0.25, -0.2) is 4.79 Å². The Morgan fingerprint density at radius 1 is 1.33 bits per heavy atom. The summed E-state index contributed by atoms with van der Waals surface area (Å²) in [5.41, 5.74) is 0.850. The number of rotatable bonds is 5. The van der Waals surface area contributed by atoms with E-state index in [1.165, 1.54) is 0 Å². The number of hydrogen-bond acceptors (Lipinski definition) is 3. The van der Waals surface area contributed by atoms with Gasteiger partial charge in [0.25, 0.3) is 0 Å². The van der Waals surface area contributed by atoms with Gasteiger partial charge in [-0.3, -0.25) is 4.79 Å². The molecule has 0 bridgehead atoms. The molecule has 1 rings (SSSR count). The van der Waals surface area contributed by atoms with Crippen molar-refractivity contribution in [2.75, 3.05) is 13.2 Å². The Labute approximate surface area is 109 Å². The number of carbonyl (C=O) groups is 2. The number of aliphatic carboxylic acids is 1. The van der Waals surface area contributed by atoms with E-state index in [2.05, 4.69) is 5.32 Å². The van der Waals surface area contributed by atoms with Crippen LogP contribution in [0.3, 0.4) is 0 Å². The maximum Gasteiger partial charge on any atom is 0.394 e. The lowest BCUT2D eigenvalue weighted by molar-refractivity contribution is -0.150. The summed E-state index contributed by atoms with van der Waals surface area (Å²) in [6.45, 7) is -0.0714. The monoisotopic (exact) mass is 271 g/mol. The van der Waals surface area contributed by atoms with Gasteiger partial charge >= 0.3 is 11.9 Å². The van der Waals surface area contributed by atoms with Gasteiger partial charge < -0.3 is 15.5 Å². The Bertz CT molecular complexity index is 436. The van der Waals surface area contributed by atoms with Gasteiger partial charge in [0.2, 0.25) is 0 Å². The topological polar surface area (TPSA) is 86.6 Å². The van der Waals surface area contributed by atoms with Gasteiger partial charge in [-0.05, 0) is 18.1 Å². The number of carboxylic acid groups (broad SMARTS) is 1. The lowest BCUT2D eigenvalue weighted by Gasteiger charge is -2.15. The molecule has 1 aromatic carbocycles. The zero-order valence-electron chi connectivity index (χ0n) is 9.60. The summed E-state index contributed by atoms with van der Waals surface area (Å²) in [5, 5.41) is 20.4. The van der Waals surface area contributed by atoms with E-state index in [-0.39, 0.29) is 19.1 Å². The van der Waals surface area contributed by atoms with E-state index in [0.29, 0.717) is 11.4 Å². The second-order valence-corrected chi connectivity index (χ2v) is 4.27. The molecule has 0 aromatic heterocycles. The van der Waals surface area contributed by atoms with Gasteiger partial charge in [-0.15, -0.1) is 0 Å². The predicted octanol–water partition coefficient (Wildman–Crippen LogP) is 0.692. The largest absolute Gasteiger partial charge is 0.474 e. The van der Waals surface area contributed by atoms with E-state index in [0.717, 1.165) is 5.56 Å². The van der Waals surface area contributed by atoms with E-state index in [9.17, 15) is 14.7 Å². The summed E-state index contributed by atoms with van der Waals surface area (Å²) in [5.74, 6) is -2.88. The number of carboxylic acids is 1. The third-order valence-electron chi connectivity index (χ3n) is 2.47. The van der Waals surface area contributed by atoms with Crippen molar-refractivity contribution in [1.82, 2.24) is 5.32 Å². The molecule has 0 heterocycles. The van der Waals surface area contributed by atoms with Crippen LogP contribution in [-0.2, 0) is 16.0 Å². The van der Waals surface area contributed by atoms with Crippen molar-refractivity contribution < 1.29 is 19.8 Å². The fraction of sp³-hybridized carbons (Fsp3) is 0.333. The van der Waals surface area contributed by atoms with Crippen LogP contribution in [0.25, 0.3) is 0 Å². The highest BCUT2D eigenvalue weighted by molar-refractivity contribution is 6.31. The lowest BCUT2D eigenvalue weighted by Crippen LogP contribution is -2.36. The first-order chi connectivity index (χ1) is 8.54. The van der Waals surface area contributed by atoms with Gasteiger partial charge in [-0.2, -0.15) is 0 Å². The minimum Gasteiger partial charge on any atom is -0.474 e. The zero-order valence-corrected chi connectivity index (χ0v) is 10.4. The van der Waals surface area contributed by atoms with E-state index in [1.54, 1.807) is 12.1 Å². The number of aliphatic hydroxyl groups excluding tert-OH is 1. The van der Waals surface area contributed by atoms with Crippen LogP contribution in [0.15, 0.2) is 24.3 Å². The Morgan fingerprint density at radius 2 is 2.00 bits per heavy atom. The van der Waals surface area contributed by atoms with Crippen molar-refractivity contribution in [3.63, 3.8) is 0 Å². The predicted molar refractivity (Wildman–Crippen MR) is 66.4 cm³/mol. The van der Waals surface area contributed by atoms with Gasteiger partial charge in [-0.1, -0.05) is 29.8 Å². The van der Waals surface area contributed by atoms with Crippen LogP contribution in [0, 0.1) is 5.92 Å². The van der Waals surface area contributed by atoms with Crippen LogP contribution in [-0.4, -0.2) is 35.2 Å². The molecule has 98 valence electrons. The smallest absolute Gasteiger partial charge is 0.394 e. The molecule has 1 amide bonds. The highest BCUT2D eigenvalue weighted by Crippen LogP contribution is 2.18. The number of halogens is 1. The molecule has 0 radical (unpaired) electrons. The molecule has 18 heavy (non-hydrogen) atoms. The van der Waals surface area contributed by atoms with Crippen molar-refractivity contribution in [2.45, 2.75) is 6.42 Å². The molecule has 0 saturated carbocycles. The van der Waals surface area contributed by atoms with E-state index >= 15 is 0 Å². The number of amides is 1. The van der Waals surface area contributed by atoms with Crippen LogP contribution in [0.2, 0.25) is 5.02 Å². The van der Waals surface area contributed by atoms with Crippen LogP contribution >= 0.6 is 11.6 Å². The molecule has 0 unspecified atom stereocenters. The molecule has 1 aromatic rings. The molecule has 5 nitrogen and oxygen atoms in total. The fourth-order valence-corrected chi connectivity index (χ4v) is 1.70. The van der Waals surface area contributed by atoms with Crippen LogP contribution < -0.4 is 5.32 Å². The molecule has 0 spiro atoms. The SMILES string of the molecule is O=C(O)C(=O)NC[C@@H](CO)Cc1ccccc1Cl. The molecular weight excluding hydrogens is 258 g/mol. The number of nitrogens with one attached hydrogen (secondary N) is 1. The quantitative estimate of drug-likeness (QED) is 0.688. The minimum atomic E-state index is -1.54.